The van der Waals surface area contributed by atoms with E-state index >= 15 is 0 Å². The number of rotatable bonds is 5. The van der Waals surface area contributed by atoms with E-state index in [1.54, 1.807) is 27.7 Å². The predicted molar refractivity (Wildman–Crippen MR) is 72.7 cm³/mol. The average molecular weight is 279 g/mol. The predicted octanol–water partition coefficient (Wildman–Crippen LogP) is 2.33. The minimum atomic E-state index is -0.843. The minimum Gasteiger partial charge on any atom is -0.459 e. The molecule has 0 aliphatic rings. The van der Waals surface area contributed by atoms with Crippen molar-refractivity contribution in [1.29, 1.82) is 0 Å². The Bertz CT molecular complexity index is 563. The molecule has 0 saturated carbocycles. The fraction of sp³-hybridized carbons (Fsp3) is 0.429. The van der Waals surface area contributed by atoms with Gasteiger partial charge < -0.3 is 4.74 Å². The molecule has 0 saturated heterocycles. The normalized spacial score (nSPS) is 10.4. The van der Waals surface area contributed by atoms with Crippen LogP contribution < -0.4 is 0 Å². The molecule has 20 heavy (non-hydrogen) atoms. The van der Waals surface area contributed by atoms with Gasteiger partial charge in [-0.25, -0.2) is 4.79 Å². The smallest absolute Gasteiger partial charge is 0.339 e. The van der Waals surface area contributed by atoms with Crippen molar-refractivity contribution >= 4 is 11.8 Å². The Morgan fingerprint density at radius 2 is 1.70 bits per heavy atom. The van der Waals surface area contributed by atoms with Gasteiger partial charge in [0.25, 0.3) is 6.54 Å². The van der Waals surface area contributed by atoms with Crippen molar-refractivity contribution in [3.8, 4) is 0 Å². The van der Waals surface area contributed by atoms with Crippen molar-refractivity contribution in [2.45, 2.75) is 33.8 Å². The summed E-state index contributed by atoms with van der Waals surface area (Å²) in [6.45, 7) is 6.11. The molecule has 0 aliphatic carbocycles. The van der Waals surface area contributed by atoms with Crippen molar-refractivity contribution in [3.05, 3.63) is 44.5 Å². The fourth-order valence-electron chi connectivity index (χ4n) is 1.70. The molecule has 0 radical (unpaired) electrons. The molecular formula is C14H17NO5. The van der Waals surface area contributed by atoms with Crippen molar-refractivity contribution in [3.63, 3.8) is 0 Å². The first-order valence-electron chi connectivity index (χ1n) is 6.19. The molecule has 1 aromatic carbocycles. The van der Waals surface area contributed by atoms with E-state index in [-0.39, 0.29) is 17.2 Å². The number of aryl methyl sites for hydroxylation is 2. The summed E-state index contributed by atoms with van der Waals surface area (Å²) in [4.78, 5) is 33.6. The summed E-state index contributed by atoms with van der Waals surface area (Å²) < 4.78 is 5.07. The Hall–Kier alpha value is -2.24. The van der Waals surface area contributed by atoms with E-state index in [1.165, 1.54) is 12.1 Å². The number of benzene rings is 1. The summed E-state index contributed by atoms with van der Waals surface area (Å²) in [5, 5.41) is 10.5. The van der Waals surface area contributed by atoms with Gasteiger partial charge in [-0.05, 0) is 51.0 Å². The minimum absolute atomic E-state index is 0.0375. The van der Waals surface area contributed by atoms with Crippen LogP contribution in [0.4, 0.5) is 0 Å². The lowest BCUT2D eigenvalue weighted by Gasteiger charge is -2.12. The average Bonchev–Trinajstić information content (AvgIpc) is 2.30. The maximum atomic E-state index is 12.0. The Morgan fingerprint density at radius 1 is 1.20 bits per heavy atom. The van der Waals surface area contributed by atoms with E-state index < -0.39 is 23.2 Å². The monoisotopic (exact) mass is 279 g/mol. The van der Waals surface area contributed by atoms with Crippen LogP contribution in [0.2, 0.25) is 0 Å². The van der Waals surface area contributed by atoms with Crippen molar-refractivity contribution in [1.82, 2.24) is 0 Å². The van der Waals surface area contributed by atoms with Gasteiger partial charge in [0.15, 0.2) is 0 Å². The van der Waals surface area contributed by atoms with Crippen molar-refractivity contribution < 1.29 is 19.2 Å². The molecule has 0 aromatic heterocycles. The van der Waals surface area contributed by atoms with Gasteiger partial charge in [-0.3, -0.25) is 14.9 Å². The summed E-state index contributed by atoms with van der Waals surface area (Å²) in [5.74, 6) is -1.34. The van der Waals surface area contributed by atoms with E-state index in [0.29, 0.717) is 0 Å². The van der Waals surface area contributed by atoms with Crippen LogP contribution in [0.5, 0.6) is 0 Å². The highest BCUT2D eigenvalue weighted by Crippen LogP contribution is 2.18. The highest BCUT2D eigenvalue weighted by Gasteiger charge is 2.23. The second-order valence-corrected chi connectivity index (χ2v) is 4.85. The number of hydrogen-bond donors (Lipinski definition) is 0. The Kier molecular flexibility index (Phi) is 4.96. The van der Waals surface area contributed by atoms with Gasteiger partial charge >= 0.3 is 5.97 Å². The summed E-state index contributed by atoms with van der Waals surface area (Å²) in [6.07, 6.45) is -0.331. The maximum Gasteiger partial charge on any atom is 0.339 e. The van der Waals surface area contributed by atoms with E-state index in [4.69, 9.17) is 4.74 Å². The summed E-state index contributed by atoms with van der Waals surface area (Å²) in [5.41, 5.74) is 1.72. The van der Waals surface area contributed by atoms with E-state index in [0.717, 1.165) is 11.1 Å². The number of ether oxygens (including phenoxy) is 1. The fourth-order valence-corrected chi connectivity index (χ4v) is 1.70. The number of carbonyl (C=O) groups is 2. The van der Waals surface area contributed by atoms with Crippen LogP contribution in [0, 0.1) is 24.0 Å². The third kappa shape index (κ3) is 3.88. The zero-order valence-electron chi connectivity index (χ0n) is 11.9. The van der Waals surface area contributed by atoms with Crippen LogP contribution in [-0.4, -0.2) is 29.3 Å². The Morgan fingerprint density at radius 3 is 2.15 bits per heavy atom. The van der Waals surface area contributed by atoms with Gasteiger partial charge in [0.1, 0.15) is 0 Å². The standard InChI is InChI=1S/C14H17NO5/c1-8(2)20-14(17)12-6-10(4)9(3)5-11(12)13(16)7-15(18)19/h5-6,8H,7H2,1-4H3. The molecule has 6 nitrogen and oxygen atoms in total. The third-order valence-electron chi connectivity index (χ3n) is 2.77. The number of Topliss-reactive ketones (excluding diaryl/α,β-unsaturated/α-hetero) is 1. The van der Waals surface area contributed by atoms with Gasteiger partial charge in [0, 0.05) is 10.5 Å². The number of hydrogen-bond acceptors (Lipinski definition) is 5. The molecule has 1 rings (SSSR count). The Balaban J connectivity index is 3.27. The van der Waals surface area contributed by atoms with Gasteiger partial charge in [0.05, 0.1) is 11.7 Å². The third-order valence-corrected chi connectivity index (χ3v) is 2.77. The van der Waals surface area contributed by atoms with E-state index in [9.17, 15) is 19.7 Å². The SMILES string of the molecule is Cc1cc(C(=O)C[N+](=O)[O-])c(C(=O)OC(C)C)cc1C. The zero-order chi connectivity index (χ0) is 15.4. The van der Waals surface area contributed by atoms with Crippen LogP contribution >= 0.6 is 0 Å². The molecule has 0 aliphatic heterocycles. The molecule has 0 fully saturated rings. The van der Waals surface area contributed by atoms with Gasteiger partial charge in [0.2, 0.25) is 5.78 Å². The van der Waals surface area contributed by atoms with Crippen LogP contribution in [0.25, 0.3) is 0 Å². The topological polar surface area (TPSA) is 86.5 Å². The lowest BCUT2D eigenvalue weighted by atomic mass is 9.97. The number of nitro groups is 1. The quantitative estimate of drug-likeness (QED) is 0.357. The zero-order valence-corrected chi connectivity index (χ0v) is 11.9. The molecular weight excluding hydrogens is 262 g/mol. The molecule has 0 unspecified atom stereocenters. The van der Waals surface area contributed by atoms with Gasteiger partial charge in [-0.1, -0.05) is 0 Å². The summed E-state index contributed by atoms with van der Waals surface area (Å²) >= 11 is 0. The molecule has 0 spiro atoms. The molecule has 108 valence electrons. The molecule has 0 N–H and O–H groups in total. The van der Waals surface area contributed by atoms with Crippen molar-refractivity contribution in [2.75, 3.05) is 6.54 Å². The Labute approximate surface area is 116 Å². The lowest BCUT2D eigenvalue weighted by Crippen LogP contribution is -2.20. The largest absolute Gasteiger partial charge is 0.459 e. The summed E-state index contributed by atoms with van der Waals surface area (Å²) in [6, 6.07) is 3.03. The lowest BCUT2D eigenvalue weighted by molar-refractivity contribution is -0.465. The first kappa shape index (κ1) is 15.8. The van der Waals surface area contributed by atoms with Crippen LogP contribution in [0.3, 0.4) is 0 Å². The highest BCUT2D eigenvalue weighted by atomic mass is 16.6. The van der Waals surface area contributed by atoms with Crippen LogP contribution in [-0.2, 0) is 4.74 Å². The van der Waals surface area contributed by atoms with E-state index in [1.807, 2.05) is 0 Å². The highest BCUT2D eigenvalue weighted by molar-refractivity contribution is 6.07. The second kappa shape index (κ2) is 6.27. The molecule has 0 bridgehead atoms. The number of nitrogens with zero attached hydrogens (tertiary/aromatic N) is 1. The first-order chi connectivity index (χ1) is 9.22. The molecule has 0 amide bonds. The number of ketones is 1. The van der Waals surface area contributed by atoms with Crippen LogP contribution in [0.1, 0.15) is 45.7 Å². The molecule has 0 atom stereocenters. The van der Waals surface area contributed by atoms with Gasteiger partial charge in [-0.15, -0.1) is 0 Å². The van der Waals surface area contributed by atoms with Gasteiger partial charge in [-0.2, -0.15) is 0 Å². The molecule has 0 heterocycles. The van der Waals surface area contributed by atoms with E-state index in [2.05, 4.69) is 0 Å². The van der Waals surface area contributed by atoms with Crippen LogP contribution in [0.15, 0.2) is 12.1 Å². The second-order valence-electron chi connectivity index (χ2n) is 4.85. The number of carbonyl (C=O) groups excluding carboxylic acids is 2. The number of esters is 1. The molecule has 6 heteroatoms. The maximum absolute atomic E-state index is 12.0. The summed E-state index contributed by atoms with van der Waals surface area (Å²) in [7, 11) is 0. The van der Waals surface area contributed by atoms with Crippen molar-refractivity contribution in [2.24, 2.45) is 0 Å². The molecule has 1 aromatic rings. The first-order valence-corrected chi connectivity index (χ1v) is 6.19.